The van der Waals surface area contributed by atoms with Crippen molar-refractivity contribution in [1.82, 2.24) is 4.31 Å². The average Bonchev–Trinajstić information content (AvgIpc) is 3.49. The Morgan fingerprint density at radius 1 is 1.17 bits per heavy atom. The third-order valence-electron chi connectivity index (χ3n) is 6.20. The Kier molecular flexibility index (Phi) is 7.83. The zero-order chi connectivity index (χ0) is 25.0. The van der Waals surface area contributed by atoms with Gasteiger partial charge in [0.15, 0.2) is 0 Å². The summed E-state index contributed by atoms with van der Waals surface area (Å²) in [5, 5.41) is 1.67. The van der Waals surface area contributed by atoms with Crippen molar-refractivity contribution < 1.29 is 27.5 Å². The van der Waals surface area contributed by atoms with E-state index in [2.05, 4.69) is 6.08 Å². The van der Waals surface area contributed by atoms with E-state index in [1.807, 2.05) is 0 Å². The summed E-state index contributed by atoms with van der Waals surface area (Å²) in [6.07, 6.45) is 6.53. The number of hydrogen-bond acceptors (Lipinski definition) is 7. The molecule has 10 heteroatoms. The predicted octanol–water partition coefficient (Wildman–Crippen LogP) is 4.14. The molecule has 2 aromatic rings. The number of carbonyl (C=O) groups is 3. The van der Waals surface area contributed by atoms with Crippen LogP contribution >= 0.6 is 11.3 Å². The molecule has 1 aromatic carbocycles. The minimum absolute atomic E-state index is 0.130. The van der Waals surface area contributed by atoms with E-state index in [4.69, 9.17) is 4.74 Å². The van der Waals surface area contributed by atoms with Crippen molar-refractivity contribution in [2.75, 3.05) is 18.1 Å². The number of nitrogens with zero attached hydrogens (tertiary/aromatic N) is 2. The van der Waals surface area contributed by atoms with Crippen molar-refractivity contribution in [1.29, 1.82) is 0 Å². The van der Waals surface area contributed by atoms with Gasteiger partial charge in [-0.05, 0) is 74.7 Å². The molecule has 2 aliphatic rings. The smallest absolute Gasteiger partial charge is 0.338 e. The first-order valence-corrected chi connectivity index (χ1v) is 14.0. The Morgan fingerprint density at radius 2 is 1.94 bits per heavy atom. The molecule has 0 bridgehead atoms. The van der Waals surface area contributed by atoms with E-state index < -0.39 is 33.8 Å². The molecule has 35 heavy (non-hydrogen) atoms. The molecule has 0 radical (unpaired) electrons. The standard InChI is InChI=1S/C25H28N2O6S2/c1-2-33-25(30)19-10-12-20(13-11-19)27-22(28)17-21(24(27)29)26(15-14-18-7-4-3-5-8-18)35(31,32)23-9-6-16-34-23/h6-7,9-13,16,21H,2-5,8,14-15,17H2,1H3. The van der Waals surface area contributed by atoms with Crippen LogP contribution < -0.4 is 4.90 Å². The second-order valence-electron chi connectivity index (χ2n) is 8.46. The van der Waals surface area contributed by atoms with Crippen LogP contribution in [0.1, 0.15) is 55.8 Å². The van der Waals surface area contributed by atoms with Crippen molar-refractivity contribution in [3.05, 3.63) is 59.0 Å². The molecule has 8 nitrogen and oxygen atoms in total. The van der Waals surface area contributed by atoms with E-state index in [0.717, 1.165) is 41.9 Å². The SMILES string of the molecule is CCOC(=O)c1ccc(N2C(=O)CC(N(CCC3=CCCCC3)S(=O)(=O)c3cccs3)C2=O)cc1. The van der Waals surface area contributed by atoms with Gasteiger partial charge in [-0.25, -0.2) is 18.1 Å². The summed E-state index contributed by atoms with van der Waals surface area (Å²) >= 11 is 1.09. The second-order valence-corrected chi connectivity index (χ2v) is 11.5. The van der Waals surface area contributed by atoms with Crippen LogP contribution in [0.5, 0.6) is 0 Å². The normalized spacial score (nSPS) is 18.7. The molecule has 1 unspecified atom stereocenters. The highest BCUT2D eigenvalue weighted by Gasteiger charge is 2.47. The highest BCUT2D eigenvalue weighted by molar-refractivity contribution is 7.91. The third kappa shape index (κ3) is 5.39. The number of esters is 1. The first-order valence-electron chi connectivity index (χ1n) is 11.7. The van der Waals surface area contributed by atoms with Crippen LogP contribution in [-0.2, 0) is 24.3 Å². The molecular weight excluding hydrogens is 488 g/mol. The second kappa shape index (κ2) is 10.8. The van der Waals surface area contributed by atoms with E-state index >= 15 is 0 Å². The monoisotopic (exact) mass is 516 g/mol. The first-order chi connectivity index (χ1) is 16.8. The van der Waals surface area contributed by atoms with Crippen molar-refractivity contribution >= 4 is 44.8 Å². The average molecular weight is 517 g/mol. The van der Waals surface area contributed by atoms with Crippen LogP contribution in [0.25, 0.3) is 0 Å². The fourth-order valence-electron chi connectivity index (χ4n) is 4.43. The summed E-state index contributed by atoms with van der Waals surface area (Å²) in [5.74, 6) is -1.56. The summed E-state index contributed by atoms with van der Waals surface area (Å²) in [6.45, 7) is 2.07. The number of allylic oxidation sites excluding steroid dienone is 1. The lowest BCUT2D eigenvalue weighted by Crippen LogP contribution is -2.45. The fourth-order valence-corrected chi connectivity index (χ4v) is 7.13. The maximum absolute atomic E-state index is 13.5. The molecule has 0 N–H and O–H groups in total. The van der Waals surface area contributed by atoms with Crippen LogP contribution in [-0.4, -0.2) is 49.7 Å². The van der Waals surface area contributed by atoms with E-state index in [1.165, 1.54) is 40.2 Å². The van der Waals surface area contributed by atoms with E-state index in [1.54, 1.807) is 18.4 Å². The maximum Gasteiger partial charge on any atom is 0.338 e. The van der Waals surface area contributed by atoms with E-state index in [9.17, 15) is 22.8 Å². The molecule has 1 saturated heterocycles. The zero-order valence-electron chi connectivity index (χ0n) is 19.5. The highest BCUT2D eigenvalue weighted by atomic mass is 32.2. The van der Waals surface area contributed by atoms with Gasteiger partial charge in [-0.15, -0.1) is 11.3 Å². The van der Waals surface area contributed by atoms with Crippen molar-refractivity contribution in [2.45, 2.75) is 55.7 Å². The number of ether oxygens (including phenoxy) is 1. The van der Waals surface area contributed by atoms with Crippen LogP contribution in [0.15, 0.2) is 57.6 Å². The quantitative estimate of drug-likeness (QED) is 0.282. The fraction of sp³-hybridized carbons (Fsp3) is 0.400. The topological polar surface area (TPSA) is 101 Å². The van der Waals surface area contributed by atoms with Gasteiger partial charge in [0.05, 0.1) is 24.3 Å². The number of benzene rings is 1. The van der Waals surface area contributed by atoms with Crippen molar-refractivity contribution in [3.63, 3.8) is 0 Å². The molecule has 1 aliphatic carbocycles. The Balaban J connectivity index is 1.60. The summed E-state index contributed by atoms with van der Waals surface area (Å²) in [6, 6.07) is 8.00. The van der Waals surface area contributed by atoms with Crippen LogP contribution in [0.4, 0.5) is 5.69 Å². The van der Waals surface area contributed by atoms with Crippen molar-refractivity contribution in [2.24, 2.45) is 0 Å². The number of rotatable bonds is 9. The number of amides is 2. The lowest BCUT2D eigenvalue weighted by molar-refractivity contribution is -0.122. The first kappa shape index (κ1) is 25.3. The number of hydrogen-bond donors (Lipinski definition) is 0. The molecule has 2 heterocycles. The van der Waals surface area contributed by atoms with Gasteiger partial charge in [0, 0.05) is 6.54 Å². The summed E-state index contributed by atoms with van der Waals surface area (Å²) < 4.78 is 33.3. The summed E-state index contributed by atoms with van der Waals surface area (Å²) in [5.41, 5.74) is 1.78. The number of sulfonamides is 1. The summed E-state index contributed by atoms with van der Waals surface area (Å²) in [4.78, 5) is 39.3. The van der Waals surface area contributed by atoms with Gasteiger partial charge >= 0.3 is 5.97 Å². The van der Waals surface area contributed by atoms with E-state index in [0.29, 0.717) is 17.7 Å². The van der Waals surface area contributed by atoms with Crippen LogP contribution in [0, 0.1) is 0 Å². The Labute approximate surface area is 209 Å². The van der Waals surface area contributed by atoms with Crippen LogP contribution in [0.2, 0.25) is 0 Å². The number of anilines is 1. The Bertz CT molecular complexity index is 1220. The summed E-state index contributed by atoms with van der Waals surface area (Å²) in [7, 11) is -3.96. The third-order valence-corrected chi connectivity index (χ3v) is 9.48. The van der Waals surface area contributed by atoms with Gasteiger partial charge < -0.3 is 4.74 Å². The minimum atomic E-state index is -3.96. The maximum atomic E-state index is 13.5. The molecule has 1 aliphatic heterocycles. The van der Waals surface area contributed by atoms with E-state index in [-0.39, 0.29) is 23.8 Å². The Morgan fingerprint density at radius 3 is 2.57 bits per heavy atom. The molecule has 186 valence electrons. The molecule has 0 saturated carbocycles. The molecule has 4 rings (SSSR count). The van der Waals surface area contributed by atoms with Gasteiger partial charge in [-0.1, -0.05) is 17.7 Å². The highest BCUT2D eigenvalue weighted by Crippen LogP contribution is 2.32. The largest absolute Gasteiger partial charge is 0.462 e. The van der Waals surface area contributed by atoms with Gasteiger partial charge in [0.1, 0.15) is 10.3 Å². The van der Waals surface area contributed by atoms with Gasteiger partial charge in [-0.2, -0.15) is 4.31 Å². The van der Waals surface area contributed by atoms with Gasteiger partial charge in [0.2, 0.25) is 5.91 Å². The predicted molar refractivity (Wildman–Crippen MR) is 133 cm³/mol. The number of thiophene rings is 1. The molecule has 1 aromatic heterocycles. The Hall–Kier alpha value is -2.82. The number of imide groups is 1. The van der Waals surface area contributed by atoms with Crippen LogP contribution in [0.3, 0.4) is 0 Å². The van der Waals surface area contributed by atoms with Gasteiger partial charge in [-0.3, -0.25) is 9.59 Å². The number of carbonyl (C=O) groups excluding carboxylic acids is 3. The molecular formula is C25H28N2O6S2. The lowest BCUT2D eigenvalue weighted by Gasteiger charge is -2.27. The lowest BCUT2D eigenvalue weighted by atomic mass is 9.97. The molecule has 1 fully saturated rings. The minimum Gasteiger partial charge on any atom is -0.462 e. The molecule has 2 amide bonds. The molecule has 1 atom stereocenters. The molecule has 0 spiro atoms. The van der Waals surface area contributed by atoms with Crippen molar-refractivity contribution in [3.8, 4) is 0 Å². The zero-order valence-corrected chi connectivity index (χ0v) is 21.1. The van der Waals surface area contributed by atoms with Gasteiger partial charge in [0.25, 0.3) is 15.9 Å².